The van der Waals surface area contributed by atoms with E-state index in [1.165, 1.54) is 12.1 Å². The molecule has 0 bridgehead atoms. The summed E-state index contributed by atoms with van der Waals surface area (Å²) >= 11 is 0. The number of pyridine rings is 1. The van der Waals surface area contributed by atoms with E-state index in [9.17, 15) is 9.18 Å². The van der Waals surface area contributed by atoms with Gasteiger partial charge in [-0.25, -0.2) is 14.1 Å². The lowest BCUT2D eigenvalue weighted by molar-refractivity contribution is -0.117. The number of nitrogens with zero attached hydrogens (tertiary/aromatic N) is 4. The first-order valence-corrected chi connectivity index (χ1v) is 9.03. The van der Waals surface area contributed by atoms with E-state index in [0.29, 0.717) is 23.9 Å². The molecule has 144 valence electrons. The number of hydrogen-bond donors (Lipinski definition) is 1. The molecule has 1 fully saturated rings. The van der Waals surface area contributed by atoms with Crippen LogP contribution in [0.3, 0.4) is 0 Å². The first-order valence-electron chi connectivity index (χ1n) is 9.03. The fourth-order valence-corrected chi connectivity index (χ4v) is 3.16. The summed E-state index contributed by atoms with van der Waals surface area (Å²) in [6.45, 7) is 1.66. The highest BCUT2D eigenvalue weighted by molar-refractivity contribution is 5.94. The van der Waals surface area contributed by atoms with E-state index in [2.05, 4.69) is 15.4 Å². The third-order valence-corrected chi connectivity index (χ3v) is 4.60. The Bertz CT molecular complexity index is 969. The van der Waals surface area contributed by atoms with Gasteiger partial charge in [-0.15, -0.1) is 5.10 Å². The van der Waals surface area contributed by atoms with Crippen molar-refractivity contribution in [3.63, 3.8) is 0 Å². The monoisotopic (exact) mass is 381 g/mol. The number of carbonyl (C=O) groups excluding carboxylic acids is 1. The predicted molar refractivity (Wildman–Crippen MR) is 103 cm³/mol. The van der Waals surface area contributed by atoms with E-state index >= 15 is 0 Å². The lowest BCUT2D eigenvalue weighted by Gasteiger charge is -2.16. The number of ether oxygens (including phenoxy) is 1. The second-order valence-corrected chi connectivity index (χ2v) is 6.44. The van der Waals surface area contributed by atoms with E-state index < -0.39 is 0 Å². The van der Waals surface area contributed by atoms with Crippen molar-refractivity contribution in [3.8, 4) is 22.8 Å². The molecule has 8 heteroatoms. The predicted octanol–water partition coefficient (Wildman–Crippen LogP) is 2.41. The summed E-state index contributed by atoms with van der Waals surface area (Å²) in [6.07, 6.45) is 2.49. The van der Waals surface area contributed by atoms with Crippen LogP contribution < -0.4 is 15.0 Å². The zero-order chi connectivity index (χ0) is 19.5. The molecule has 0 aliphatic carbocycles. The number of aromatic nitrogens is 3. The highest BCUT2D eigenvalue weighted by atomic mass is 19.1. The molecule has 4 rings (SSSR count). The average molecular weight is 381 g/mol. The molecule has 0 radical (unpaired) electrons. The molecule has 2 aromatic heterocycles. The Balaban J connectivity index is 1.81. The Labute approximate surface area is 161 Å². The number of halogens is 1. The zero-order valence-corrected chi connectivity index (χ0v) is 15.4. The molecule has 0 atom stereocenters. The molecule has 1 amide bonds. The Kier molecular flexibility index (Phi) is 5.03. The van der Waals surface area contributed by atoms with Gasteiger partial charge in [0.1, 0.15) is 5.82 Å². The number of nitrogens with one attached hydrogen (secondary N) is 1. The molecular weight excluding hydrogens is 361 g/mol. The van der Waals surface area contributed by atoms with Crippen LogP contribution in [0.5, 0.6) is 5.88 Å². The topological polar surface area (TPSA) is 72.3 Å². The number of carbonyl (C=O) groups is 1. The van der Waals surface area contributed by atoms with Crippen molar-refractivity contribution in [3.05, 3.63) is 54.5 Å². The van der Waals surface area contributed by atoms with Crippen LogP contribution in [0.15, 0.2) is 48.7 Å². The first kappa shape index (κ1) is 18.1. The summed E-state index contributed by atoms with van der Waals surface area (Å²) < 4.78 is 20.2. The van der Waals surface area contributed by atoms with Crippen LogP contribution in [-0.4, -0.2) is 47.4 Å². The molecule has 1 aliphatic heterocycles. The van der Waals surface area contributed by atoms with E-state index in [-0.39, 0.29) is 18.3 Å². The summed E-state index contributed by atoms with van der Waals surface area (Å²) in [5.74, 6) is 0.715. The maximum atomic E-state index is 13.4. The van der Waals surface area contributed by atoms with Crippen LogP contribution in [0.1, 0.15) is 6.42 Å². The minimum atomic E-state index is -0.310. The quantitative estimate of drug-likeness (QED) is 0.751. The molecule has 1 aromatic carbocycles. The Morgan fingerprint density at radius 1 is 1.18 bits per heavy atom. The van der Waals surface area contributed by atoms with E-state index in [1.807, 2.05) is 12.1 Å². The normalized spacial score (nSPS) is 14.8. The molecule has 3 aromatic rings. The number of benzene rings is 1. The second kappa shape index (κ2) is 7.77. The fourth-order valence-electron chi connectivity index (χ4n) is 3.16. The van der Waals surface area contributed by atoms with Gasteiger partial charge in [0.25, 0.3) is 0 Å². The summed E-state index contributed by atoms with van der Waals surface area (Å²) in [5.41, 5.74) is 2.25. The van der Waals surface area contributed by atoms with E-state index in [1.54, 1.807) is 41.1 Å². The highest BCUT2D eigenvalue weighted by Crippen LogP contribution is 2.28. The Hall–Kier alpha value is -3.26. The van der Waals surface area contributed by atoms with Crippen molar-refractivity contribution in [2.45, 2.75) is 6.42 Å². The first-order chi connectivity index (χ1) is 13.7. The van der Waals surface area contributed by atoms with Crippen molar-refractivity contribution >= 4 is 11.7 Å². The van der Waals surface area contributed by atoms with Gasteiger partial charge in [0.2, 0.25) is 11.8 Å². The van der Waals surface area contributed by atoms with Gasteiger partial charge in [0, 0.05) is 24.2 Å². The second-order valence-electron chi connectivity index (χ2n) is 6.44. The lowest BCUT2D eigenvalue weighted by Crippen LogP contribution is -2.35. The van der Waals surface area contributed by atoms with Gasteiger partial charge in [-0.3, -0.25) is 9.69 Å². The van der Waals surface area contributed by atoms with Gasteiger partial charge in [-0.2, -0.15) is 0 Å². The summed E-state index contributed by atoms with van der Waals surface area (Å²) in [7, 11) is 1.55. The van der Waals surface area contributed by atoms with Gasteiger partial charge >= 0.3 is 0 Å². The maximum Gasteiger partial charge on any atom is 0.242 e. The standard InChI is InChI=1S/C20H20FN5O2/c1-28-19-8-7-16(12-23-19)26-17(14-3-5-15(21)6-4-14)11-18(24-26)25-10-2-9-22-13-20(25)27/h3-8,11-12,22H,2,9-10,13H2,1H3. The van der Waals surface area contributed by atoms with Crippen molar-refractivity contribution in [2.24, 2.45) is 0 Å². The molecule has 0 spiro atoms. The smallest absolute Gasteiger partial charge is 0.242 e. The third kappa shape index (κ3) is 3.59. The van der Waals surface area contributed by atoms with E-state index in [0.717, 1.165) is 24.2 Å². The summed E-state index contributed by atoms with van der Waals surface area (Å²) in [4.78, 5) is 18.4. The molecule has 7 nitrogen and oxygen atoms in total. The molecule has 0 saturated carbocycles. The van der Waals surface area contributed by atoms with Crippen LogP contribution in [0.4, 0.5) is 10.2 Å². The highest BCUT2D eigenvalue weighted by Gasteiger charge is 2.23. The maximum absolute atomic E-state index is 13.4. The molecule has 3 heterocycles. The average Bonchev–Trinajstić information content (AvgIpc) is 3.04. The van der Waals surface area contributed by atoms with Crippen molar-refractivity contribution in [1.29, 1.82) is 0 Å². The van der Waals surface area contributed by atoms with Gasteiger partial charge < -0.3 is 10.1 Å². The fraction of sp³-hybridized carbons (Fsp3) is 0.250. The molecule has 28 heavy (non-hydrogen) atoms. The van der Waals surface area contributed by atoms with Crippen LogP contribution in [0.25, 0.3) is 16.9 Å². The van der Waals surface area contributed by atoms with Crippen molar-refractivity contribution in [2.75, 3.05) is 31.6 Å². The molecule has 1 aliphatic rings. The molecule has 1 N–H and O–H groups in total. The number of rotatable bonds is 4. The largest absolute Gasteiger partial charge is 0.481 e. The summed E-state index contributed by atoms with van der Waals surface area (Å²) in [6, 6.07) is 11.6. The molecule has 1 saturated heterocycles. The lowest BCUT2D eigenvalue weighted by atomic mass is 10.1. The van der Waals surface area contributed by atoms with Crippen molar-refractivity contribution in [1.82, 2.24) is 20.1 Å². The number of amides is 1. The number of anilines is 1. The Morgan fingerprint density at radius 3 is 2.71 bits per heavy atom. The van der Waals surface area contributed by atoms with Gasteiger partial charge in [-0.1, -0.05) is 0 Å². The van der Waals surface area contributed by atoms with Crippen LogP contribution in [0.2, 0.25) is 0 Å². The van der Waals surface area contributed by atoms with Gasteiger partial charge in [-0.05, 0) is 43.3 Å². The minimum absolute atomic E-state index is 0.0272. The van der Waals surface area contributed by atoms with E-state index in [4.69, 9.17) is 4.74 Å². The van der Waals surface area contributed by atoms with Crippen LogP contribution >= 0.6 is 0 Å². The van der Waals surface area contributed by atoms with Gasteiger partial charge in [0.05, 0.1) is 31.2 Å². The molecule has 0 unspecified atom stereocenters. The Morgan fingerprint density at radius 2 is 2.00 bits per heavy atom. The van der Waals surface area contributed by atoms with Crippen LogP contribution in [-0.2, 0) is 4.79 Å². The SMILES string of the molecule is COc1ccc(-n2nc(N3CCCNCC3=O)cc2-c2ccc(F)cc2)cn1. The minimum Gasteiger partial charge on any atom is -0.481 e. The van der Waals surface area contributed by atoms with Crippen molar-refractivity contribution < 1.29 is 13.9 Å². The molecular formula is C20H20FN5O2. The number of methoxy groups -OCH3 is 1. The zero-order valence-electron chi connectivity index (χ0n) is 15.4. The summed E-state index contributed by atoms with van der Waals surface area (Å²) in [5, 5.41) is 7.78. The van der Waals surface area contributed by atoms with Crippen LogP contribution in [0, 0.1) is 5.82 Å². The van der Waals surface area contributed by atoms with Gasteiger partial charge in [0.15, 0.2) is 5.82 Å². The third-order valence-electron chi connectivity index (χ3n) is 4.60. The number of hydrogen-bond acceptors (Lipinski definition) is 5.